The number of aryl methyl sites for hydroxylation is 1. The number of nitrogens with zero attached hydrogens (tertiary/aromatic N) is 1. The van der Waals surface area contributed by atoms with E-state index in [1.807, 2.05) is 7.05 Å². The average Bonchev–Trinajstić information content (AvgIpc) is 2.66. The minimum Gasteiger partial charge on any atom is -0.351 e. The van der Waals surface area contributed by atoms with Gasteiger partial charge in [0.05, 0.1) is 14.7 Å². The van der Waals surface area contributed by atoms with Gasteiger partial charge in [-0.05, 0) is 26.9 Å². The highest BCUT2D eigenvalue weighted by Crippen LogP contribution is 2.27. The van der Waals surface area contributed by atoms with Crippen LogP contribution >= 0.6 is 23.7 Å². The standard InChI is InChI=1S/C10H15N3O3S.ClH/c1-7-8(13(15)16)6-9(17-7)10(14)12-5-3-4-11-2;/h6,11H,3-5H2,1-2H3,(H,12,14);1H. The SMILES string of the molecule is CNCCCNC(=O)c1cc([N+](=O)[O-])c(C)s1.Cl. The van der Waals surface area contributed by atoms with Crippen LogP contribution in [-0.2, 0) is 0 Å². The minimum absolute atomic E-state index is 0. The van der Waals surface area contributed by atoms with E-state index in [2.05, 4.69) is 10.6 Å². The normalized spacial score (nSPS) is 9.67. The minimum atomic E-state index is -0.469. The first kappa shape index (κ1) is 16.8. The number of carbonyl (C=O) groups is 1. The largest absolute Gasteiger partial charge is 0.351 e. The molecule has 0 unspecified atom stereocenters. The number of halogens is 1. The van der Waals surface area contributed by atoms with Crippen molar-refractivity contribution in [1.29, 1.82) is 0 Å². The van der Waals surface area contributed by atoms with Gasteiger partial charge in [0, 0.05) is 12.6 Å². The second-order valence-corrected chi connectivity index (χ2v) is 4.78. The number of carbonyl (C=O) groups excluding carboxylic acids is 1. The highest BCUT2D eigenvalue weighted by atomic mass is 35.5. The molecule has 2 N–H and O–H groups in total. The summed E-state index contributed by atoms with van der Waals surface area (Å²) in [5.74, 6) is -0.248. The Labute approximate surface area is 115 Å². The fraction of sp³-hybridized carbons (Fsp3) is 0.500. The molecule has 0 bridgehead atoms. The molecule has 0 aliphatic rings. The summed E-state index contributed by atoms with van der Waals surface area (Å²) in [5.41, 5.74) is 0.00961. The van der Waals surface area contributed by atoms with Gasteiger partial charge in [-0.25, -0.2) is 0 Å². The van der Waals surface area contributed by atoms with Crippen molar-refractivity contribution < 1.29 is 9.72 Å². The zero-order valence-electron chi connectivity index (χ0n) is 10.2. The van der Waals surface area contributed by atoms with E-state index in [1.165, 1.54) is 6.07 Å². The van der Waals surface area contributed by atoms with Gasteiger partial charge in [0.15, 0.2) is 0 Å². The van der Waals surface area contributed by atoms with Crippen LogP contribution < -0.4 is 10.6 Å². The third kappa shape index (κ3) is 4.59. The molecule has 8 heteroatoms. The lowest BCUT2D eigenvalue weighted by atomic mass is 10.3. The van der Waals surface area contributed by atoms with Crippen LogP contribution in [0.3, 0.4) is 0 Å². The molecule has 0 saturated heterocycles. The topological polar surface area (TPSA) is 84.3 Å². The Balaban J connectivity index is 0.00000289. The second-order valence-electron chi connectivity index (χ2n) is 3.52. The van der Waals surface area contributed by atoms with Crippen LogP contribution in [0.15, 0.2) is 6.07 Å². The van der Waals surface area contributed by atoms with E-state index in [4.69, 9.17) is 0 Å². The van der Waals surface area contributed by atoms with Crippen molar-refractivity contribution >= 4 is 35.3 Å². The number of amides is 1. The first-order chi connectivity index (χ1) is 8.06. The van der Waals surface area contributed by atoms with Gasteiger partial charge in [0.2, 0.25) is 0 Å². The first-order valence-electron chi connectivity index (χ1n) is 5.24. The molecule has 1 aromatic rings. The summed E-state index contributed by atoms with van der Waals surface area (Å²) in [6, 6.07) is 1.33. The van der Waals surface area contributed by atoms with Crippen LogP contribution in [0, 0.1) is 17.0 Å². The van der Waals surface area contributed by atoms with E-state index in [0.29, 0.717) is 16.3 Å². The van der Waals surface area contributed by atoms with E-state index >= 15 is 0 Å². The molecule has 0 aliphatic carbocycles. The smallest absolute Gasteiger partial charge is 0.283 e. The Morgan fingerprint density at radius 2 is 2.17 bits per heavy atom. The lowest BCUT2D eigenvalue weighted by molar-refractivity contribution is -0.385. The van der Waals surface area contributed by atoms with Crippen molar-refractivity contribution in [1.82, 2.24) is 10.6 Å². The van der Waals surface area contributed by atoms with Gasteiger partial charge in [-0.15, -0.1) is 23.7 Å². The summed E-state index contributed by atoms with van der Waals surface area (Å²) in [4.78, 5) is 22.8. The summed E-state index contributed by atoms with van der Waals surface area (Å²) in [6.07, 6.45) is 0.828. The van der Waals surface area contributed by atoms with Gasteiger partial charge in [-0.1, -0.05) is 0 Å². The molecule has 0 saturated carbocycles. The highest BCUT2D eigenvalue weighted by molar-refractivity contribution is 7.14. The zero-order chi connectivity index (χ0) is 12.8. The summed E-state index contributed by atoms with van der Waals surface area (Å²) in [7, 11) is 1.84. The molecular weight excluding hydrogens is 278 g/mol. The molecule has 1 rings (SSSR count). The summed E-state index contributed by atoms with van der Waals surface area (Å²) >= 11 is 1.15. The van der Waals surface area contributed by atoms with Gasteiger partial charge in [-0.3, -0.25) is 14.9 Å². The van der Waals surface area contributed by atoms with Gasteiger partial charge < -0.3 is 10.6 Å². The Morgan fingerprint density at radius 3 is 2.67 bits per heavy atom. The maximum Gasteiger partial charge on any atom is 0.283 e. The molecule has 0 spiro atoms. The van der Waals surface area contributed by atoms with Crippen LogP contribution in [0.25, 0.3) is 0 Å². The van der Waals surface area contributed by atoms with Crippen LogP contribution in [-0.4, -0.2) is 31.0 Å². The molecule has 1 amide bonds. The van der Waals surface area contributed by atoms with Crippen LogP contribution in [0.5, 0.6) is 0 Å². The van der Waals surface area contributed by atoms with Gasteiger partial charge >= 0.3 is 0 Å². The van der Waals surface area contributed by atoms with Gasteiger partial charge in [0.1, 0.15) is 0 Å². The quantitative estimate of drug-likeness (QED) is 0.475. The fourth-order valence-corrected chi connectivity index (χ4v) is 2.22. The van der Waals surface area contributed by atoms with E-state index in [9.17, 15) is 14.9 Å². The van der Waals surface area contributed by atoms with Crippen molar-refractivity contribution in [3.63, 3.8) is 0 Å². The molecule has 18 heavy (non-hydrogen) atoms. The average molecular weight is 294 g/mol. The number of rotatable bonds is 6. The van der Waals surface area contributed by atoms with Crippen molar-refractivity contribution in [3.05, 3.63) is 25.9 Å². The fourth-order valence-electron chi connectivity index (χ4n) is 1.32. The molecule has 6 nitrogen and oxygen atoms in total. The van der Waals surface area contributed by atoms with E-state index in [0.717, 1.165) is 24.3 Å². The van der Waals surface area contributed by atoms with Gasteiger partial charge in [0.25, 0.3) is 11.6 Å². The summed E-state index contributed by atoms with van der Waals surface area (Å²) in [5, 5.41) is 16.3. The molecule has 102 valence electrons. The zero-order valence-corrected chi connectivity index (χ0v) is 11.8. The van der Waals surface area contributed by atoms with E-state index in [-0.39, 0.29) is 24.0 Å². The predicted octanol–water partition coefficient (Wildman–Crippen LogP) is 1.73. The maximum absolute atomic E-state index is 11.7. The highest BCUT2D eigenvalue weighted by Gasteiger charge is 2.18. The van der Waals surface area contributed by atoms with E-state index < -0.39 is 4.92 Å². The number of hydrogen-bond donors (Lipinski definition) is 2. The lowest BCUT2D eigenvalue weighted by Gasteiger charge is -2.02. The summed E-state index contributed by atoms with van der Waals surface area (Å²) < 4.78 is 0. The molecule has 1 aromatic heterocycles. The Kier molecular flexibility index (Phi) is 7.49. The van der Waals surface area contributed by atoms with E-state index in [1.54, 1.807) is 6.92 Å². The van der Waals surface area contributed by atoms with Crippen LogP contribution in [0.4, 0.5) is 5.69 Å². The predicted molar refractivity (Wildman–Crippen MR) is 73.8 cm³/mol. The van der Waals surface area contributed by atoms with Gasteiger partial charge in [-0.2, -0.15) is 0 Å². The molecular formula is C10H16ClN3O3S. The lowest BCUT2D eigenvalue weighted by Crippen LogP contribution is -2.25. The number of thiophene rings is 1. The Hall–Kier alpha value is -1.18. The molecule has 0 atom stereocenters. The number of nitrogens with one attached hydrogen (secondary N) is 2. The van der Waals surface area contributed by atoms with Crippen molar-refractivity contribution in [2.24, 2.45) is 0 Å². The summed E-state index contributed by atoms with van der Waals surface area (Å²) in [6.45, 7) is 3.02. The molecule has 1 heterocycles. The molecule has 0 aromatic carbocycles. The third-order valence-electron chi connectivity index (χ3n) is 2.20. The molecule has 0 aliphatic heterocycles. The van der Waals surface area contributed by atoms with Crippen molar-refractivity contribution in [2.45, 2.75) is 13.3 Å². The monoisotopic (exact) mass is 293 g/mol. The van der Waals surface area contributed by atoms with Crippen LogP contribution in [0.2, 0.25) is 0 Å². The number of hydrogen-bond acceptors (Lipinski definition) is 5. The first-order valence-corrected chi connectivity index (χ1v) is 6.05. The Bertz CT molecular complexity index is 423. The molecule has 0 radical (unpaired) electrons. The second kappa shape index (κ2) is 8.02. The maximum atomic E-state index is 11.7. The Morgan fingerprint density at radius 1 is 1.50 bits per heavy atom. The van der Waals surface area contributed by atoms with Crippen molar-refractivity contribution in [2.75, 3.05) is 20.1 Å². The van der Waals surface area contributed by atoms with Crippen LogP contribution in [0.1, 0.15) is 21.0 Å². The van der Waals surface area contributed by atoms with Crippen molar-refractivity contribution in [3.8, 4) is 0 Å². The number of nitro groups is 1. The third-order valence-corrected chi connectivity index (χ3v) is 3.24. The molecule has 0 fully saturated rings.